The van der Waals surface area contributed by atoms with Gasteiger partial charge >= 0.3 is 0 Å². The van der Waals surface area contributed by atoms with E-state index in [-0.39, 0.29) is 5.60 Å². The second kappa shape index (κ2) is 7.62. The zero-order valence-electron chi connectivity index (χ0n) is 14.9. The van der Waals surface area contributed by atoms with Gasteiger partial charge in [0.25, 0.3) is 0 Å². The lowest BCUT2D eigenvalue weighted by molar-refractivity contribution is 0.0950. The Morgan fingerprint density at radius 2 is 1.71 bits per heavy atom. The highest BCUT2D eigenvalue weighted by Gasteiger charge is 2.35. The van der Waals surface area contributed by atoms with Gasteiger partial charge in [0.2, 0.25) is 0 Å². The molecule has 0 N–H and O–H groups in total. The van der Waals surface area contributed by atoms with Crippen LogP contribution in [0.4, 0.5) is 0 Å². The van der Waals surface area contributed by atoms with E-state index in [0.29, 0.717) is 0 Å². The normalized spacial score (nSPS) is 21.1. The average Bonchev–Trinajstić information content (AvgIpc) is 2.96. The summed E-state index contributed by atoms with van der Waals surface area (Å²) in [7, 11) is 0. The van der Waals surface area contributed by atoms with Crippen LogP contribution in [0.25, 0.3) is 0 Å². The first-order chi connectivity index (χ1) is 11.6. The van der Waals surface area contributed by atoms with Crippen molar-refractivity contribution in [3.8, 4) is 5.75 Å². The van der Waals surface area contributed by atoms with E-state index in [2.05, 4.69) is 73.5 Å². The summed E-state index contributed by atoms with van der Waals surface area (Å²) in [6.07, 6.45) is 4.26. The first kappa shape index (κ1) is 17.4. The molecule has 0 aromatic heterocycles. The zero-order chi connectivity index (χ0) is 17.0. The molecule has 3 rings (SSSR count). The van der Waals surface area contributed by atoms with Gasteiger partial charge in [0.05, 0.1) is 0 Å². The average molecular weight is 342 g/mol. The predicted molar refractivity (Wildman–Crippen MR) is 103 cm³/mol. The van der Waals surface area contributed by atoms with Crippen molar-refractivity contribution in [2.45, 2.75) is 43.7 Å². The number of likely N-dealkylation sites (tertiary alicyclic amines) is 1. The van der Waals surface area contributed by atoms with Crippen LogP contribution in [0.1, 0.15) is 31.4 Å². The minimum absolute atomic E-state index is 0.0903. The lowest BCUT2D eigenvalue weighted by atomic mass is 10.1. The van der Waals surface area contributed by atoms with Crippen molar-refractivity contribution >= 4 is 11.8 Å². The Labute approximate surface area is 150 Å². The highest BCUT2D eigenvalue weighted by molar-refractivity contribution is 7.98. The van der Waals surface area contributed by atoms with Gasteiger partial charge in [-0.05, 0) is 55.0 Å². The third-order valence-electron chi connectivity index (χ3n) is 4.78. The second-order valence-electron chi connectivity index (χ2n) is 6.86. The number of hydrogen-bond donors (Lipinski definition) is 0. The summed E-state index contributed by atoms with van der Waals surface area (Å²) in [6.45, 7) is 7.48. The van der Waals surface area contributed by atoms with Crippen LogP contribution in [0.15, 0.2) is 53.4 Å². The maximum atomic E-state index is 6.32. The van der Waals surface area contributed by atoms with Crippen LogP contribution < -0.4 is 4.74 Å². The molecule has 1 heterocycles. The quantitative estimate of drug-likeness (QED) is 0.685. The van der Waals surface area contributed by atoms with Gasteiger partial charge in [-0.2, -0.15) is 0 Å². The van der Waals surface area contributed by atoms with Gasteiger partial charge in [-0.1, -0.05) is 31.2 Å². The van der Waals surface area contributed by atoms with Crippen LogP contribution in [0.3, 0.4) is 0 Å². The molecule has 1 unspecified atom stereocenters. The number of nitrogens with zero attached hydrogens (tertiary/aromatic N) is 1. The fourth-order valence-electron chi connectivity index (χ4n) is 3.31. The Kier molecular flexibility index (Phi) is 5.52. The SMILES string of the molecule is CCc1ccc(OC2(C)CCN(Cc3ccc(SC)cc3)C2)cc1. The number of thioether (sulfide) groups is 1. The van der Waals surface area contributed by atoms with Crippen molar-refractivity contribution < 1.29 is 4.74 Å². The van der Waals surface area contributed by atoms with Gasteiger partial charge in [-0.25, -0.2) is 0 Å². The highest BCUT2D eigenvalue weighted by Crippen LogP contribution is 2.29. The molecule has 3 heteroatoms. The minimum Gasteiger partial charge on any atom is -0.486 e. The Morgan fingerprint density at radius 3 is 2.33 bits per heavy atom. The molecule has 0 amide bonds. The molecule has 128 valence electrons. The minimum atomic E-state index is -0.0903. The monoisotopic (exact) mass is 341 g/mol. The van der Waals surface area contributed by atoms with Gasteiger partial charge in [0.1, 0.15) is 11.4 Å². The summed E-state index contributed by atoms with van der Waals surface area (Å²) in [5.41, 5.74) is 2.64. The van der Waals surface area contributed by atoms with Crippen molar-refractivity contribution in [2.24, 2.45) is 0 Å². The zero-order valence-corrected chi connectivity index (χ0v) is 15.7. The van der Waals surface area contributed by atoms with Crippen LogP contribution in [-0.2, 0) is 13.0 Å². The standard InChI is InChI=1S/C21H27NOS/c1-4-17-5-9-19(10-6-17)23-21(2)13-14-22(16-21)15-18-7-11-20(24-3)12-8-18/h5-12H,4,13-16H2,1-3H3. The Hall–Kier alpha value is -1.45. The maximum Gasteiger partial charge on any atom is 0.120 e. The summed E-state index contributed by atoms with van der Waals surface area (Å²) in [6, 6.07) is 17.4. The van der Waals surface area contributed by atoms with Gasteiger partial charge in [0.15, 0.2) is 0 Å². The van der Waals surface area contributed by atoms with Gasteiger partial charge in [-0.15, -0.1) is 11.8 Å². The maximum absolute atomic E-state index is 6.32. The summed E-state index contributed by atoms with van der Waals surface area (Å²) >= 11 is 1.79. The van der Waals surface area contributed by atoms with Crippen LogP contribution in [-0.4, -0.2) is 29.8 Å². The molecule has 1 fully saturated rings. The van der Waals surface area contributed by atoms with Crippen LogP contribution >= 0.6 is 11.8 Å². The molecule has 0 aliphatic carbocycles. The van der Waals surface area contributed by atoms with E-state index >= 15 is 0 Å². The lowest BCUT2D eigenvalue weighted by Crippen LogP contribution is -2.35. The van der Waals surface area contributed by atoms with E-state index in [0.717, 1.165) is 38.2 Å². The molecule has 1 atom stereocenters. The molecular formula is C21H27NOS. The topological polar surface area (TPSA) is 12.5 Å². The van der Waals surface area contributed by atoms with Crippen LogP contribution in [0, 0.1) is 0 Å². The number of rotatable bonds is 6. The van der Waals surface area contributed by atoms with Crippen LogP contribution in [0.5, 0.6) is 5.75 Å². The van der Waals surface area contributed by atoms with Crippen molar-refractivity contribution in [3.05, 3.63) is 59.7 Å². The molecular weight excluding hydrogens is 314 g/mol. The Bertz CT molecular complexity index is 653. The van der Waals surface area contributed by atoms with Gasteiger partial charge < -0.3 is 4.74 Å². The van der Waals surface area contributed by atoms with Crippen molar-refractivity contribution in [2.75, 3.05) is 19.3 Å². The number of benzene rings is 2. The predicted octanol–water partition coefficient (Wildman–Crippen LogP) is 5.01. The molecule has 0 radical (unpaired) electrons. The van der Waals surface area contributed by atoms with E-state index in [1.165, 1.54) is 16.0 Å². The van der Waals surface area contributed by atoms with Crippen LogP contribution in [0.2, 0.25) is 0 Å². The first-order valence-electron chi connectivity index (χ1n) is 8.73. The third kappa shape index (κ3) is 4.34. The highest BCUT2D eigenvalue weighted by atomic mass is 32.2. The molecule has 1 aliphatic heterocycles. The first-order valence-corrected chi connectivity index (χ1v) is 9.96. The molecule has 0 bridgehead atoms. The van der Waals surface area contributed by atoms with E-state index in [1.807, 2.05) is 0 Å². The van der Waals surface area contributed by atoms with Gasteiger partial charge in [0, 0.05) is 31.0 Å². The Balaban J connectivity index is 1.58. The fraction of sp³-hybridized carbons (Fsp3) is 0.429. The summed E-state index contributed by atoms with van der Waals surface area (Å²) in [4.78, 5) is 3.82. The molecule has 0 spiro atoms. The van der Waals surface area contributed by atoms with Crippen molar-refractivity contribution in [3.63, 3.8) is 0 Å². The number of hydrogen-bond acceptors (Lipinski definition) is 3. The molecule has 24 heavy (non-hydrogen) atoms. The van der Waals surface area contributed by atoms with E-state index in [4.69, 9.17) is 4.74 Å². The van der Waals surface area contributed by atoms with E-state index in [1.54, 1.807) is 11.8 Å². The smallest absolute Gasteiger partial charge is 0.120 e. The Morgan fingerprint density at radius 1 is 1.04 bits per heavy atom. The number of aryl methyl sites for hydroxylation is 1. The largest absolute Gasteiger partial charge is 0.486 e. The summed E-state index contributed by atoms with van der Waals surface area (Å²) in [5, 5.41) is 0. The molecule has 2 aromatic rings. The molecule has 2 aromatic carbocycles. The molecule has 2 nitrogen and oxygen atoms in total. The van der Waals surface area contributed by atoms with Crippen molar-refractivity contribution in [1.82, 2.24) is 4.90 Å². The van der Waals surface area contributed by atoms with E-state index < -0.39 is 0 Å². The summed E-state index contributed by atoms with van der Waals surface area (Å²) < 4.78 is 6.32. The van der Waals surface area contributed by atoms with E-state index in [9.17, 15) is 0 Å². The number of ether oxygens (including phenoxy) is 1. The lowest BCUT2D eigenvalue weighted by Gasteiger charge is -2.26. The summed E-state index contributed by atoms with van der Waals surface area (Å²) in [5.74, 6) is 0.987. The molecule has 1 saturated heterocycles. The molecule has 1 aliphatic rings. The third-order valence-corrected chi connectivity index (χ3v) is 5.52. The second-order valence-corrected chi connectivity index (χ2v) is 7.74. The fourth-order valence-corrected chi connectivity index (χ4v) is 3.72. The van der Waals surface area contributed by atoms with Crippen molar-refractivity contribution in [1.29, 1.82) is 0 Å². The molecule has 0 saturated carbocycles. The van der Waals surface area contributed by atoms with Gasteiger partial charge in [-0.3, -0.25) is 4.90 Å².